The van der Waals surface area contributed by atoms with Crippen LogP contribution in [0.2, 0.25) is 0 Å². The van der Waals surface area contributed by atoms with E-state index >= 15 is 0 Å². The molecule has 1 unspecified atom stereocenters. The Bertz CT molecular complexity index is 325. The van der Waals surface area contributed by atoms with Crippen LogP contribution < -0.4 is 5.32 Å². The Kier molecular flexibility index (Phi) is 3.66. The molecule has 1 heterocycles. The number of likely N-dealkylation sites (tertiary alicyclic amines) is 1. The molecule has 0 spiro atoms. The fourth-order valence-corrected chi connectivity index (χ4v) is 1.60. The Morgan fingerprint density at radius 2 is 2.06 bits per heavy atom. The molecule has 1 saturated heterocycles. The van der Waals surface area contributed by atoms with Gasteiger partial charge in [0.2, 0.25) is 0 Å². The summed E-state index contributed by atoms with van der Waals surface area (Å²) in [5.74, 6) is -0.953. The first-order chi connectivity index (χ1) is 7.64. The Morgan fingerprint density at radius 3 is 2.47 bits per heavy atom. The lowest BCUT2D eigenvalue weighted by Crippen LogP contribution is -2.45. The molecule has 2 amide bonds. The first-order valence-corrected chi connectivity index (χ1v) is 5.63. The van der Waals surface area contributed by atoms with Crippen molar-refractivity contribution in [1.29, 1.82) is 0 Å². The monoisotopic (exact) mass is 244 g/mol. The molecule has 1 fully saturated rings. The lowest BCUT2D eigenvalue weighted by atomic mass is 9.94. The highest BCUT2D eigenvalue weighted by molar-refractivity contribution is 5.77. The van der Waals surface area contributed by atoms with Gasteiger partial charge in [-0.3, -0.25) is 4.79 Å². The Balaban J connectivity index is 2.44. The fourth-order valence-electron chi connectivity index (χ4n) is 1.60. The normalized spacial score (nSPS) is 24.8. The number of carboxylic acid groups (broad SMARTS) is 1. The molecule has 1 rings (SSSR count). The number of carbonyl (C=O) groups excluding carboxylic acids is 1. The predicted octanol–water partition coefficient (Wildman–Crippen LogP) is 0.263. The van der Waals surface area contributed by atoms with E-state index in [0.29, 0.717) is 13.0 Å². The van der Waals surface area contributed by atoms with E-state index in [9.17, 15) is 14.7 Å². The van der Waals surface area contributed by atoms with Crippen molar-refractivity contribution in [2.45, 2.75) is 32.8 Å². The van der Waals surface area contributed by atoms with Crippen molar-refractivity contribution in [3.05, 3.63) is 0 Å². The summed E-state index contributed by atoms with van der Waals surface area (Å²) in [4.78, 5) is 24.1. The maximum Gasteiger partial charge on any atom is 0.317 e. The molecule has 17 heavy (non-hydrogen) atoms. The van der Waals surface area contributed by atoms with Gasteiger partial charge in [0.15, 0.2) is 0 Å². The maximum absolute atomic E-state index is 11.7. The highest BCUT2D eigenvalue weighted by atomic mass is 16.4. The third-order valence-corrected chi connectivity index (χ3v) is 3.00. The third-order valence-electron chi connectivity index (χ3n) is 3.00. The van der Waals surface area contributed by atoms with Crippen LogP contribution in [0.25, 0.3) is 0 Å². The van der Waals surface area contributed by atoms with Gasteiger partial charge in [0.05, 0.1) is 17.6 Å². The molecule has 6 heteroatoms. The van der Waals surface area contributed by atoms with Crippen LogP contribution in [0.15, 0.2) is 0 Å². The molecule has 1 atom stereocenters. The van der Waals surface area contributed by atoms with E-state index in [4.69, 9.17) is 5.11 Å². The van der Waals surface area contributed by atoms with Crippen molar-refractivity contribution < 1.29 is 19.8 Å². The molecule has 0 aliphatic carbocycles. The van der Waals surface area contributed by atoms with Crippen LogP contribution in [-0.2, 0) is 4.79 Å². The number of hydrogen-bond donors (Lipinski definition) is 3. The SMILES string of the molecule is CC1(O)CCN(C(=O)NCC(C)(C)C(=O)O)C1. The fraction of sp³-hybridized carbons (Fsp3) is 0.818. The topological polar surface area (TPSA) is 89.9 Å². The summed E-state index contributed by atoms with van der Waals surface area (Å²) in [6.07, 6.45) is 0.544. The van der Waals surface area contributed by atoms with Gasteiger partial charge < -0.3 is 20.4 Å². The first-order valence-electron chi connectivity index (χ1n) is 5.63. The molecule has 0 saturated carbocycles. The van der Waals surface area contributed by atoms with E-state index in [1.54, 1.807) is 20.8 Å². The summed E-state index contributed by atoms with van der Waals surface area (Å²) >= 11 is 0. The highest BCUT2D eigenvalue weighted by Gasteiger charge is 2.35. The summed E-state index contributed by atoms with van der Waals surface area (Å²) in [5.41, 5.74) is -1.82. The van der Waals surface area contributed by atoms with Crippen molar-refractivity contribution in [2.24, 2.45) is 5.41 Å². The molecule has 0 radical (unpaired) electrons. The van der Waals surface area contributed by atoms with E-state index in [1.165, 1.54) is 4.90 Å². The van der Waals surface area contributed by atoms with E-state index < -0.39 is 17.0 Å². The van der Waals surface area contributed by atoms with E-state index in [1.807, 2.05) is 0 Å². The van der Waals surface area contributed by atoms with Crippen molar-refractivity contribution in [3.63, 3.8) is 0 Å². The van der Waals surface area contributed by atoms with Gasteiger partial charge in [0, 0.05) is 13.1 Å². The number of rotatable bonds is 3. The van der Waals surface area contributed by atoms with Gasteiger partial charge in [-0.05, 0) is 27.2 Å². The number of urea groups is 1. The molecule has 1 aliphatic heterocycles. The van der Waals surface area contributed by atoms with Crippen LogP contribution in [0.1, 0.15) is 27.2 Å². The Hall–Kier alpha value is -1.30. The summed E-state index contributed by atoms with van der Waals surface area (Å²) in [6.45, 7) is 5.63. The molecule has 6 nitrogen and oxygen atoms in total. The lowest BCUT2D eigenvalue weighted by molar-refractivity contribution is -0.146. The molecule has 0 bridgehead atoms. The number of amides is 2. The molecular formula is C11H20N2O4. The molecule has 0 aromatic carbocycles. The van der Waals surface area contributed by atoms with Crippen LogP contribution in [-0.4, -0.2) is 52.3 Å². The standard InChI is InChI=1S/C11H20N2O4/c1-10(2,8(14)15)6-12-9(16)13-5-4-11(3,17)7-13/h17H,4-7H2,1-3H3,(H,12,16)(H,14,15). The average Bonchev–Trinajstić information content (AvgIpc) is 2.55. The zero-order chi connectivity index (χ0) is 13.3. The molecule has 0 aromatic heterocycles. The van der Waals surface area contributed by atoms with Gasteiger partial charge in [-0.1, -0.05) is 0 Å². The maximum atomic E-state index is 11.7. The number of aliphatic hydroxyl groups is 1. The predicted molar refractivity (Wildman–Crippen MR) is 61.6 cm³/mol. The summed E-state index contributed by atoms with van der Waals surface area (Å²) in [7, 11) is 0. The van der Waals surface area contributed by atoms with Gasteiger partial charge in [-0.25, -0.2) is 4.79 Å². The van der Waals surface area contributed by atoms with Gasteiger partial charge in [0.25, 0.3) is 0 Å². The quantitative estimate of drug-likeness (QED) is 0.664. The van der Waals surface area contributed by atoms with Gasteiger partial charge in [0.1, 0.15) is 0 Å². The summed E-state index contributed by atoms with van der Waals surface area (Å²) in [6, 6.07) is -0.322. The molecule has 98 valence electrons. The number of carboxylic acids is 1. The zero-order valence-electron chi connectivity index (χ0n) is 10.5. The van der Waals surface area contributed by atoms with Crippen molar-refractivity contribution in [1.82, 2.24) is 10.2 Å². The Morgan fingerprint density at radius 1 is 1.47 bits per heavy atom. The zero-order valence-corrected chi connectivity index (χ0v) is 10.5. The minimum Gasteiger partial charge on any atom is -0.481 e. The van der Waals surface area contributed by atoms with Crippen LogP contribution in [0.4, 0.5) is 4.79 Å². The number of carbonyl (C=O) groups is 2. The number of β-amino-alcohol motifs (C(OH)–C–C–N with tert-alkyl or cyclic N) is 1. The van der Waals surface area contributed by atoms with Gasteiger partial charge >= 0.3 is 12.0 Å². The van der Waals surface area contributed by atoms with Crippen LogP contribution in [0.5, 0.6) is 0 Å². The van der Waals surface area contributed by atoms with Gasteiger partial charge in [-0.2, -0.15) is 0 Å². The second-order valence-corrected chi connectivity index (χ2v) is 5.52. The molecular weight excluding hydrogens is 224 g/mol. The van der Waals surface area contributed by atoms with E-state index in [-0.39, 0.29) is 19.1 Å². The third kappa shape index (κ3) is 3.59. The van der Waals surface area contributed by atoms with E-state index in [2.05, 4.69) is 5.32 Å². The second kappa shape index (κ2) is 4.52. The van der Waals surface area contributed by atoms with Crippen molar-refractivity contribution in [2.75, 3.05) is 19.6 Å². The summed E-state index contributed by atoms with van der Waals surface area (Å²) < 4.78 is 0. The molecule has 1 aliphatic rings. The number of aliphatic carboxylic acids is 1. The average molecular weight is 244 g/mol. The largest absolute Gasteiger partial charge is 0.481 e. The van der Waals surface area contributed by atoms with Crippen LogP contribution >= 0.6 is 0 Å². The minimum absolute atomic E-state index is 0.0693. The smallest absolute Gasteiger partial charge is 0.317 e. The van der Waals surface area contributed by atoms with E-state index in [0.717, 1.165) is 0 Å². The van der Waals surface area contributed by atoms with Crippen LogP contribution in [0.3, 0.4) is 0 Å². The second-order valence-electron chi connectivity index (χ2n) is 5.52. The van der Waals surface area contributed by atoms with Crippen molar-refractivity contribution >= 4 is 12.0 Å². The highest BCUT2D eigenvalue weighted by Crippen LogP contribution is 2.20. The summed E-state index contributed by atoms with van der Waals surface area (Å²) in [5, 5.41) is 21.2. The Labute approximate surface area is 101 Å². The molecule has 3 N–H and O–H groups in total. The molecule has 0 aromatic rings. The lowest BCUT2D eigenvalue weighted by Gasteiger charge is -2.23. The number of nitrogens with one attached hydrogen (secondary N) is 1. The van der Waals surface area contributed by atoms with Gasteiger partial charge in [-0.15, -0.1) is 0 Å². The van der Waals surface area contributed by atoms with Crippen LogP contribution in [0, 0.1) is 5.41 Å². The van der Waals surface area contributed by atoms with Crippen molar-refractivity contribution in [3.8, 4) is 0 Å². The first kappa shape index (κ1) is 13.8. The number of hydrogen-bond acceptors (Lipinski definition) is 3. The minimum atomic E-state index is -0.988. The number of nitrogens with zero attached hydrogens (tertiary/aromatic N) is 1.